The molecule has 32 heavy (non-hydrogen) atoms. The SMILES string of the molecule is [B]C1([B])O/C(N)=C(/C(C)=NC2CCOCC2)Nc2ncc3c(Cl)nn(c3n2)C2([B])[B]C12[B]. The molecule has 3 aliphatic rings. The van der Waals surface area contributed by atoms with Gasteiger partial charge in [-0.15, -0.1) is 0 Å². The number of nitrogens with one attached hydrogen (secondary N) is 1. The van der Waals surface area contributed by atoms with E-state index >= 15 is 0 Å². The van der Waals surface area contributed by atoms with Crippen molar-refractivity contribution in [3.8, 4) is 0 Å². The first-order chi connectivity index (χ1) is 15.1. The van der Waals surface area contributed by atoms with Gasteiger partial charge in [0.15, 0.2) is 10.8 Å². The van der Waals surface area contributed by atoms with Gasteiger partial charge < -0.3 is 20.5 Å². The number of fused-ring (bicyclic) bond motifs is 3. The monoisotopic (exact) mass is 440 g/mol. The van der Waals surface area contributed by atoms with Gasteiger partial charge in [0.25, 0.3) is 0 Å². The third-order valence-electron chi connectivity index (χ3n) is 6.09. The normalized spacial score (nSPS) is 32.4. The first kappa shape index (κ1) is 21.8. The summed E-state index contributed by atoms with van der Waals surface area (Å²) in [6.07, 6.45) is 3.11. The van der Waals surface area contributed by atoms with Crippen molar-refractivity contribution in [2.45, 2.75) is 41.8 Å². The molecule has 2 bridgehead atoms. The highest BCUT2D eigenvalue weighted by molar-refractivity contribution is 6.83. The summed E-state index contributed by atoms with van der Waals surface area (Å²) in [7, 11) is 27.1. The van der Waals surface area contributed by atoms with Crippen LogP contribution in [0.5, 0.6) is 0 Å². The molecule has 0 aromatic carbocycles. The van der Waals surface area contributed by atoms with Crippen LogP contribution in [0.25, 0.3) is 11.0 Å². The van der Waals surface area contributed by atoms with Gasteiger partial charge in [-0.3, -0.25) is 9.67 Å². The summed E-state index contributed by atoms with van der Waals surface area (Å²) < 4.78 is 12.5. The van der Waals surface area contributed by atoms with Crippen LogP contribution < -0.4 is 11.1 Å². The first-order valence-electron chi connectivity index (χ1n) is 10.1. The molecule has 0 saturated carbocycles. The minimum atomic E-state index is -1.99. The van der Waals surface area contributed by atoms with Crippen LogP contribution in [0.3, 0.4) is 0 Å². The van der Waals surface area contributed by atoms with E-state index in [1.807, 2.05) is 0 Å². The van der Waals surface area contributed by atoms with Crippen molar-refractivity contribution in [1.29, 1.82) is 0 Å². The van der Waals surface area contributed by atoms with E-state index in [2.05, 4.69) is 20.4 Å². The minimum absolute atomic E-state index is 0.0717. The molecule has 3 aliphatic heterocycles. The van der Waals surface area contributed by atoms with Gasteiger partial charge in [0, 0.05) is 24.8 Å². The standard InChI is InChI=1S/C17H16B5ClN7O2/c1-7(26-8-2-4-31-5-3-8)10-12(24)32-16(19,20)15(18)17(21,22-15)30-13-9(11(23)29-30)6-25-14(27-10)28-13/h6,8H,2-5,24H2,1H3,(H,25,27,28)/b12-10-,26-7?. The molecular weight excluding hydrogens is 424 g/mol. The van der Waals surface area contributed by atoms with Crippen LogP contribution in [0.2, 0.25) is 10.4 Å². The highest BCUT2D eigenvalue weighted by Crippen LogP contribution is 2.62. The Labute approximate surface area is 196 Å². The molecule has 0 amide bonds. The lowest BCUT2D eigenvalue weighted by atomic mass is 9.44. The zero-order valence-corrected chi connectivity index (χ0v) is 18.1. The van der Waals surface area contributed by atoms with Gasteiger partial charge in [0.1, 0.15) is 28.7 Å². The highest BCUT2D eigenvalue weighted by Gasteiger charge is 2.69. The van der Waals surface area contributed by atoms with Gasteiger partial charge in [0.2, 0.25) is 11.8 Å². The molecule has 2 unspecified atom stereocenters. The van der Waals surface area contributed by atoms with Crippen molar-refractivity contribution >= 4 is 73.0 Å². The summed E-state index contributed by atoms with van der Waals surface area (Å²) in [4.78, 5) is 13.6. The number of hydrogen-bond donors (Lipinski definition) is 2. The number of halogens is 1. The van der Waals surface area contributed by atoms with Gasteiger partial charge in [0.05, 0.1) is 32.8 Å². The van der Waals surface area contributed by atoms with Gasteiger partial charge in [-0.05, 0) is 25.1 Å². The zero-order valence-electron chi connectivity index (χ0n) is 17.4. The van der Waals surface area contributed by atoms with Gasteiger partial charge in [-0.2, -0.15) is 10.1 Å². The topological polar surface area (TPSA) is 112 Å². The highest BCUT2D eigenvalue weighted by atomic mass is 35.5. The van der Waals surface area contributed by atoms with E-state index in [1.165, 1.54) is 18.2 Å². The maximum atomic E-state index is 6.52. The second-order valence-corrected chi connectivity index (χ2v) is 8.65. The lowest BCUT2D eigenvalue weighted by Gasteiger charge is -2.40. The average Bonchev–Trinajstić information content (AvgIpc) is 3.17. The van der Waals surface area contributed by atoms with Crippen LogP contribution in [-0.2, 0) is 14.8 Å². The van der Waals surface area contributed by atoms with E-state index in [-0.39, 0.29) is 23.0 Å². The van der Waals surface area contributed by atoms with Crippen LogP contribution in [0.1, 0.15) is 19.8 Å². The van der Waals surface area contributed by atoms with Crippen molar-refractivity contribution in [3.63, 3.8) is 0 Å². The van der Waals surface area contributed by atoms with Crippen LogP contribution in [-0.4, -0.2) is 88.8 Å². The summed E-state index contributed by atoms with van der Waals surface area (Å²) in [5.74, 6) is 0.0730. The molecule has 2 saturated heterocycles. The summed E-state index contributed by atoms with van der Waals surface area (Å²) >= 11 is 6.28. The number of hydrogen-bond acceptors (Lipinski definition) is 8. The van der Waals surface area contributed by atoms with Gasteiger partial charge >= 0.3 is 0 Å². The Hall–Kier alpha value is -2.07. The van der Waals surface area contributed by atoms with E-state index in [0.717, 1.165) is 12.8 Å². The molecule has 2 aromatic heterocycles. The quantitative estimate of drug-likeness (QED) is 0.477. The molecule has 9 radical (unpaired) electrons. The van der Waals surface area contributed by atoms with Crippen molar-refractivity contribution < 1.29 is 9.47 Å². The molecule has 9 nitrogen and oxygen atoms in total. The number of anilines is 1. The van der Waals surface area contributed by atoms with Gasteiger partial charge in [-0.1, -0.05) is 16.8 Å². The maximum Gasteiger partial charge on any atom is 0.229 e. The Morgan fingerprint density at radius 3 is 2.78 bits per heavy atom. The fourth-order valence-electron chi connectivity index (χ4n) is 4.07. The molecule has 153 valence electrons. The second kappa shape index (κ2) is 7.22. The van der Waals surface area contributed by atoms with E-state index < -0.39 is 16.0 Å². The van der Waals surface area contributed by atoms with Gasteiger partial charge in [-0.25, -0.2) is 4.98 Å². The minimum Gasteiger partial charge on any atom is -0.493 e. The van der Waals surface area contributed by atoms with Crippen molar-refractivity contribution in [2.75, 3.05) is 18.5 Å². The average molecular weight is 440 g/mol. The molecule has 2 atom stereocenters. The fraction of sp³-hybridized carbons (Fsp3) is 0.529. The Bertz CT molecular complexity index is 1170. The summed E-state index contributed by atoms with van der Waals surface area (Å²) in [5.41, 5.74) is 7.50. The fourth-order valence-corrected chi connectivity index (χ4v) is 4.28. The van der Waals surface area contributed by atoms with Crippen LogP contribution in [0.4, 0.5) is 5.95 Å². The van der Waals surface area contributed by atoms with Crippen molar-refractivity contribution in [2.24, 2.45) is 10.7 Å². The molecule has 2 fully saturated rings. The molecular formula is C17H16B5ClN7O2. The van der Waals surface area contributed by atoms with E-state index in [4.69, 9.17) is 63.2 Å². The number of aliphatic imine (C=N–C) groups is 1. The molecule has 15 heteroatoms. The lowest BCUT2D eigenvalue weighted by molar-refractivity contribution is 0.0871. The Morgan fingerprint density at radius 1 is 1.34 bits per heavy atom. The molecule has 5 heterocycles. The largest absolute Gasteiger partial charge is 0.493 e. The van der Waals surface area contributed by atoms with Crippen LogP contribution in [0.15, 0.2) is 22.8 Å². The maximum absolute atomic E-state index is 6.52. The number of nitrogens with two attached hydrogens (primary N) is 1. The Balaban J connectivity index is 1.66. The summed E-state index contributed by atoms with van der Waals surface area (Å²) in [6.45, 7) is 3.07. The molecule has 5 rings (SSSR count). The van der Waals surface area contributed by atoms with Crippen LogP contribution >= 0.6 is 11.6 Å². The number of ether oxygens (including phenoxy) is 2. The number of allylic oxidation sites excluding steroid dienone is 1. The number of rotatable bonds is 2. The Kier molecular flexibility index (Phi) is 4.91. The summed E-state index contributed by atoms with van der Waals surface area (Å²) in [5, 5.41) is 3.02. The van der Waals surface area contributed by atoms with E-state index in [9.17, 15) is 0 Å². The van der Waals surface area contributed by atoms with E-state index in [0.29, 0.717) is 35.7 Å². The number of aromatic nitrogens is 4. The molecule has 0 aliphatic carbocycles. The number of nitrogens with zero attached hydrogens (tertiary/aromatic N) is 5. The Morgan fingerprint density at radius 2 is 2.06 bits per heavy atom. The molecule has 2 aromatic rings. The third-order valence-corrected chi connectivity index (χ3v) is 6.37. The van der Waals surface area contributed by atoms with Crippen molar-refractivity contribution in [1.82, 2.24) is 19.7 Å². The predicted octanol–water partition coefficient (Wildman–Crippen LogP) is -0.538. The lowest BCUT2D eigenvalue weighted by Crippen LogP contribution is -2.47. The first-order valence-corrected chi connectivity index (χ1v) is 10.5. The van der Waals surface area contributed by atoms with Crippen molar-refractivity contribution in [3.05, 3.63) is 22.9 Å². The molecule has 3 N–H and O–H groups in total. The third kappa shape index (κ3) is 3.17. The smallest absolute Gasteiger partial charge is 0.229 e. The second-order valence-electron chi connectivity index (χ2n) is 8.29. The predicted molar refractivity (Wildman–Crippen MR) is 125 cm³/mol. The zero-order chi connectivity index (χ0) is 22.9. The summed E-state index contributed by atoms with van der Waals surface area (Å²) in [6, 6.07) is 0.0717. The molecule has 0 spiro atoms. The van der Waals surface area contributed by atoms with Crippen LogP contribution in [0, 0.1) is 0 Å². The van der Waals surface area contributed by atoms with E-state index in [1.54, 1.807) is 6.92 Å².